The van der Waals surface area contributed by atoms with E-state index in [2.05, 4.69) is 5.32 Å². The molecule has 1 aliphatic rings. The fraction of sp³-hybridized carbons (Fsp3) is 0.500. The summed E-state index contributed by atoms with van der Waals surface area (Å²) in [6, 6.07) is 3.36. The minimum absolute atomic E-state index is 0.0476. The van der Waals surface area contributed by atoms with E-state index in [0.717, 1.165) is 12.1 Å². The van der Waals surface area contributed by atoms with Gasteiger partial charge >= 0.3 is 6.09 Å². The number of carbonyl (C=O) groups excluding carboxylic acids is 1. The van der Waals surface area contributed by atoms with Crippen LogP contribution in [0.4, 0.5) is 13.6 Å². The van der Waals surface area contributed by atoms with Crippen molar-refractivity contribution in [1.82, 2.24) is 5.32 Å². The van der Waals surface area contributed by atoms with Gasteiger partial charge in [-0.25, -0.2) is 13.6 Å². The van der Waals surface area contributed by atoms with E-state index in [4.69, 9.17) is 14.7 Å². The van der Waals surface area contributed by atoms with Gasteiger partial charge in [-0.2, -0.15) is 5.26 Å². The van der Waals surface area contributed by atoms with E-state index in [1.54, 1.807) is 26.8 Å². The summed E-state index contributed by atoms with van der Waals surface area (Å²) < 4.78 is 37.0. The Morgan fingerprint density at radius 3 is 2.48 bits per heavy atom. The predicted octanol–water partition coefficient (Wildman–Crippen LogP) is 3.27. The average molecular weight is 324 g/mol. The lowest BCUT2D eigenvalue weighted by Gasteiger charge is -2.23. The van der Waals surface area contributed by atoms with Crippen LogP contribution in [0.1, 0.15) is 39.2 Å². The molecule has 1 fully saturated rings. The van der Waals surface area contributed by atoms with Crippen molar-refractivity contribution in [3.05, 3.63) is 29.3 Å². The molecule has 23 heavy (non-hydrogen) atoms. The van der Waals surface area contributed by atoms with Crippen LogP contribution in [0, 0.1) is 23.0 Å². The number of alkyl carbamates (subject to hydrolysis) is 1. The largest absolute Gasteiger partial charge is 0.490 e. The number of hydrogen-bond acceptors (Lipinski definition) is 4. The standard InChI is InChI=1S/C16H18F2N2O3/c1-15(2,3)23-14(21)20-16(4-5-16)9-22-13-7-12(18)11(17)6-10(13)8-19/h6-7H,4-5,9H2,1-3H3,(H,20,21). The first-order valence-corrected chi connectivity index (χ1v) is 7.17. The third-order valence-electron chi connectivity index (χ3n) is 3.27. The van der Waals surface area contributed by atoms with Crippen molar-refractivity contribution < 1.29 is 23.0 Å². The number of nitrogens with zero attached hydrogens (tertiary/aromatic N) is 1. The zero-order valence-electron chi connectivity index (χ0n) is 13.2. The van der Waals surface area contributed by atoms with Crippen LogP contribution in [0.3, 0.4) is 0 Å². The number of nitriles is 1. The van der Waals surface area contributed by atoms with Gasteiger partial charge in [0, 0.05) is 6.07 Å². The average Bonchev–Trinajstić information content (AvgIpc) is 3.17. The molecule has 0 bridgehead atoms. The highest BCUT2D eigenvalue weighted by atomic mass is 19.2. The van der Waals surface area contributed by atoms with Gasteiger partial charge in [0.05, 0.1) is 11.1 Å². The number of benzene rings is 1. The van der Waals surface area contributed by atoms with Gasteiger partial charge in [-0.1, -0.05) is 0 Å². The Bertz CT molecular complexity index is 659. The van der Waals surface area contributed by atoms with E-state index in [9.17, 15) is 13.6 Å². The summed E-state index contributed by atoms with van der Waals surface area (Å²) in [4.78, 5) is 11.8. The van der Waals surface area contributed by atoms with Gasteiger partial charge in [-0.15, -0.1) is 0 Å². The molecule has 7 heteroatoms. The first-order valence-electron chi connectivity index (χ1n) is 7.17. The molecule has 1 saturated carbocycles. The maximum Gasteiger partial charge on any atom is 0.408 e. The summed E-state index contributed by atoms with van der Waals surface area (Å²) in [5.41, 5.74) is -1.31. The van der Waals surface area contributed by atoms with E-state index < -0.39 is 28.9 Å². The van der Waals surface area contributed by atoms with Crippen LogP contribution in [0.2, 0.25) is 0 Å². The second kappa shape index (κ2) is 6.03. The molecular weight excluding hydrogens is 306 g/mol. The van der Waals surface area contributed by atoms with Crippen LogP contribution in [0.5, 0.6) is 5.75 Å². The Labute approximate surface area is 133 Å². The van der Waals surface area contributed by atoms with Crippen molar-refractivity contribution >= 4 is 6.09 Å². The van der Waals surface area contributed by atoms with Crippen LogP contribution < -0.4 is 10.1 Å². The smallest absolute Gasteiger partial charge is 0.408 e. The molecule has 0 saturated heterocycles. The van der Waals surface area contributed by atoms with E-state index in [1.165, 1.54) is 0 Å². The Kier molecular flexibility index (Phi) is 4.46. The molecule has 1 N–H and O–H groups in total. The van der Waals surface area contributed by atoms with Crippen molar-refractivity contribution in [2.45, 2.75) is 44.8 Å². The van der Waals surface area contributed by atoms with Crippen LogP contribution in [-0.2, 0) is 4.74 Å². The number of carbonyl (C=O) groups is 1. The second-order valence-electron chi connectivity index (χ2n) is 6.57. The zero-order valence-corrected chi connectivity index (χ0v) is 13.2. The summed E-state index contributed by atoms with van der Waals surface area (Å²) in [6.07, 6.45) is 0.791. The highest BCUT2D eigenvalue weighted by Crippen LogP contribution is 2.36. The van der Waals surface area contributed by atoms with Gasteiger partial charge in [0.2, 0.25) is 0 Å². The zero-order chi connectivity index (χ0) is 17.3. The Morgan fingerprint density at radius 1 is 1.35 bits per heavy atom. The van der Waals surface area contributed by atoms with Crippen molar-refractivity contribution in [3.63, 3.8) is 0 Å². The summed E-state index contributed by atoms with van der Waals surface area (Å²) >= 11 is 0. The lowest BCUT2D eigenvalue weighted by Crippen LogP contribution is -2.44. The highest BCUT2D eigenvalue weighted by molar-refractivity contribution is 5.69. The number of nitrogens with one attached hydrogen (secondary N) is 1. The van der Waals surface area contributed by atoms with Crippen molar-refractivity contribution in [1.29, 1.82) is 5.26 Å². The number of hydrogen-bond donors (Lipinski definition) is 1. The van der Waals surface area contributed by atoms with E-state index >= 15 is 0 Å². The quantitative estimate of drug-likeness (QED) is 0.922. The van der Waals surface area contributed by atoms with Crippen molar-refractivity contribution in [3.8, 4) is 11.8 Å². The topological polar surface area (TPSA) is 71.3 Å². The van der Waals surface area contributed by atoms with E-state index in [0.29, 0.717) is 12.8 Å². The van der Waals surface area contributed by atoms with Crippen LogP contribution >= 0.6 is 0 Å². The molecule has 5 nitrogen and oxygen atoms in total. The van der Waals surface area contributed by atoms with E-state index in [-0.39, 0.29) is 17.9 Å². The lowest BCUT2D eigenvalue weighted by atomic mass is 10.2. The minimum atomic E-state index is -1.11. The first-order chi connectivity index (χ1) is 10.6. The third kappa shape index (κ3) is 4.55. The molecule has 1 aliphatic carbocycles. The van der Waals surface area contributed by atoms with Gasteiger partial charge in [-0.05, 0) is 39.7 Å². The fourth-order valence-electron chi connectivity index (χ4n) is 1.93. The van der Waals surface area contributed by atoms with Crippen molar-refractivity contribution in [2.24, 2.45) is 0 Å². The Hall–Kier alpha value is -2.36. The van der Waals surface area contributed by atoms with Gasteiger partial charge in [0.1, 0.15) is 24.0 Å². The molecule has 0 aliphatic heterocycles. The number of rotatable bonds is 4. The number of amides is 1. The van der Waals surface area contributed by atoms with Gasteiger partial charge in [0.15, 0.2) is 11.6 Å². The molecular formula is C16H18F2N2O3. The van der Waals surface area contributed by atoms with Crippen molar-refractivity contribution in [2.75, 3.05) is 6.61 Å². The maximum atomic E-state index is 13.3. The van der Waals surface area contributed by atoms with Gasteiger partial charge in [0.25, 0.3) is 0 Å². The summed E-state index contributed by atoms with van der Waals surface area (Å²) in [5, 5.41) is 11.7. The van der Waals surface area contributed by atoms with Crippen LogP contribution in [-0.4, -0.2) is 23.8 Å². The molecule has 2 rings (SSSR count). The molecule has 1 aromatic carbocycles. The Morgan fingerprint density at radius 2 is 1.96 bits per heavy atom. The maximum absolute atomic E-state index is 13.3. The monoisotopic (exact) mass is 324 g/mol. The van der Waals surface area contributed by atoms with Gasteiger partial charge in [-0.3, -0.25) is 0 Å². The van der Waals surface area contributed by atoms with E-state index in [1.807, 2.05) is 0 Å². The molecule has 0 spiro atoms. The third-order valence-corrected chi connectivity index (χ3v) is 3.27. The summed E-state index contributed by atoms with van der Waals surface area (Å²) in [7, 11) is 0. The normalized spacial score (nSPS) is 15.5. The number of halogens is 2. The molecule has 0 aromatic heterocycles. The SMILES string of the molecule is CC(C)(C)OC(=O)NC1(COc2cc(F)c(F)cc2C#N)CC1. The first kappa shape index (κ1) is 17.0. The van der Waals surface area contributed by atoms with Gasteiger partial charge < -0.3 is 14.8 Å². The van der Waals surface area contributed by atoms with Crippen LogP contribution in [0.25, 0.3) is 0 Å². The summed E-state index contributed by atoms with van der Waals surface area (Å²) in [5.74, 6) is -2.26. The lowest BCUT2D eigenvalue weighted by molar-refractivity contribution is 0.0477. The molecule has 0 unspecified atom stereocenters. The molecule has 1 amide bonds. The molecule has 1 aromatic rings. The van der Waals surface area contributed by atoms with Crippen LogP contribution in [0.15, 0.2) is 12.1 Å². The minimum Gasteiger partial charge on any atom is -0.490 e. The second-order valence-corrected chi connectivity index (χ2v) is 6.57. The highest BCUT2D eigenvalue weighted by Gasteiger charge is 2.46. The predicted molar refractivity (Wildman–Crippen MR) is 77.9 cm³/mol. The molecule has 0 atom stereocenters. The Balaban J connectivity index is 2.00. The molecule has 0 heterocycles. The molecule has 0 radical (unpaired) electrons. The summed E-state index contributed by atoms with van der Waals surface area (Å²) in [6.45, 7) is 5.31. The molecule has 124 valence electrons. The number of ether oxygens (including phenoxy) is 2. The fourth-order valence-corrected chi connectivity index (χ4v) is 1.93.